The number of methoxy groups -OCH3 is 2. The molecule has 2 rings (SSSR count). The van der Waals surface area contributed by atoms with Gasteiger partial charge in [0.25, 0.3) is 5.91 Å². The average Bonchev–Trinajstić information content (AvgIpc) is 2.99. The highest BCUT2D eigenvalue weighted by Crippen LogP contribution is 2.22. The summed E-state index contributed by atoms with van der Waals surface area (Å²) in [7, 11) is 3.12. The molecule has 1 aromatic heterocycles. The van der Waals surface area contributed by atoms with Crippen molar-refractivity contribution >= 4 is 5.91 Å². The molecule has 0 saturated heterocycles. The van der Waals surface area contributed by atoms with Gasteiger partial charge >= 0.3 is 0 Å². The van der Waals surface area contributed by atoms with E-state index in [-0.39, 0.29) is 5.91 Å². The van der Waals surface area contributed by atoms with Crippen LogP contribution in [0, 0.1) is 0 Å². The number of nitrogens with one attached hydrogen (secondary N) is 1. The van der Waals surface area contributed by atoms with E-state index in [0.29, 0.717) is 23.6 Å². The highest BCUT2D eigenvalue weighted by atomic mass is 16.5. The number of carbonyl (C=O) groups excluding carboxylic acids is 1. The van der Waals surface area contributed by atoms with Crippen LogP contribution in [-0.2, 0) is 6.54 Å². The van der Waals surface area contributed by atoms with Crippen LogP contribution in [0.1, 0.15) is 10.4 Å². The zero-order chi connectivity index (χ0) is 14.4. The molecule has 0 radical (unpaired) electrons. The Balaban J connectivity index is 1.97. The molecule has 20 heavy (non-hydrogen) atoms. The number of amides is 1. The number of ether oxygens (including phenoxy) is 2. The lowest BCUT2D eigenvalue weighted by Crippen LogP contribution is -2.27. The fourth-order valence-electron chi connectivity index (χ4n) is 1.86. The molecule has 1 aromatic carbocycles. The summed E-state index contributed by atoms with van der Waals surface area (Å²) >= 11 is 0. The molecule has 0 unspecified atom stereocenters. The molecule has 1 heterocycles. The van der Waals surface area contributed by atoms with Gasteiger partial charge < -0.3 is 19.4 Å². The molecule has 0 saturated carbocycles. The summed E-state index contributed by atoms with van der Waals surface area (Å²) in [5.41, 5.74) is 0.522. The van der Waals surface area contributed by atoms with Gasteiger partial charge in [0.2, 0.25) is 0 Å². The highest BCUT2D eigenvalue weighted by Gasteiger charge is 2.09. The Morgan fingerprint density at radius 2 is 1.70 bits per heavy atom. The van der Waals surface area contributed by atoms with Gasteiger partial charge in [0.1, 0.15) is 11.5 Å². The molecule has 0 aliphatic carbocycles. The van der Waals surface area contributed by atoms with Crippen molar-refractivity contribution in [1.82, 2.24) is 9.88 Å². The Morgan fingerprint density at radius 3 is 2.25 bits per heavy atom. The fourth-order valence-corrected chi connectivity index (χ4v) is 1.86. The minimum atomic E-state index is -0.144. The van der Waals surface area contributed by atoms with Crippen LogP contribution in [-0.4, -0.2) is 31.2 Å². The number of hydrogen-bond donors (Lipinski definition) is 1. The van der Waals surface area contributed by atoms with E-state index in [1.165, 1.54) is 0 Å². The second kappa shape index (κ2) is 6.65. The zero-order valence-corrected chi connectivity index (χ0v) is 11.6. The number of carbonyl (C=O) groups is 1. The topological polar surface area (TPSA) is 52.5 Å². The molecule has 0 atom stereocenters. The van der Waals surface area contributed by atoms with E-state index in [2.05, 4.69) is 5.32 Å². The standard InChI is InChI=1S/C15H18N2O3/c1-19-13-9-12(10-14(11-13)20-2)15(18)16-5-8-17-6-3-4-7-17/h3-4,6-7,9-11H,5,8H2,1-2H3,(H,16,18). The van der Waals surface area contributed by atoms with Gasteiger partial charge in [-0.2, -0.15) is 0 Å². The SMILES string of the molecule is COc1cc(OC)cc(C(=O)NCCn2cccc2)c1. The van der Waals surface area contributed by atoms with E-state index in [0.717, 1.165) is 6.54 Å². The van der Waals surface area contributed by atoms with Crippen molar-refractivity contribution in [2.45, 2.75) is 6.54 Å². The van der Waals surface area contributed by atoms with Crippen molar-refractivity contribution in [3.8, 4) is 11.5 Å². The molecular weight excluding hydrogens is 256 g/mol. The molecule has 0 fully saturated rings. The number of nitrogens with zero attached hydrogens (tertiary/aromatic N) is 1. The Morgan fingerprint density at radius 1 is 1.10 bits per heavy atom. The molecule has 1 amide bonds. The van der Waals surface area contributed by atoms with Gasteiger partial charge in [-0.15, -0.1) is 0 Å². The van der Waals surface area contributed by atoms with Crippen molar-refractivity contribution in [1.29, 1.82) is 0 Å². The van der Waals surface area contributed by atoms with Crippen molar-refractivity contribution in [2.75, 3.05) is 20.8 Å². The van der Waals surface area contributed by atoms with Crippen LogP contribution < -0.4 is 14.8 Å². The third-order valence-corrected chi connectivity index (χ3v) is 2.94. The van der Waals surface area contributed by atoms with Crippen LogP contribution in [0.25, 0.3) is 0 Å². The monoisotopic (exact) mass is 274 g/mol. The summed E-state index contributed by atoms with van der Waals surface area (Å²) in [6.07, 6.45) is 3.92. The number of benzene rings is 1. The zero-order valence-electron chi connectivity index (χ0n) is 11.6. The predicted octanol–water partition coefficient (Wildman–Crippen LogP) is 1.94. The van der Waals surface area contributed by atoms with E-state index < -0.39 is 0 Å². The van der Waals surface area contributed by atoms with E-state index >= 15 is 0 Å². The molecular formula is C15H18N2O3. The maximum atomic E-state index is 12.1. The molecule has 0 bridgehead atoms. The third-order valence-electron chi connectivity index (χ3n) is 2.94. The Hall–Kier alpha value is -2.43. The third kappa shape index (κ3) is 3.54. The molecule has 0 spiro atoms. The second-order valence-electron chi connectivity index (χ2n) is 4.28. The Bertz CT molecular complexity index is 542. The normalized spacial score (nSPS) is 10.1. The lowest BCUT2D eigenvalue weighted by molar-refractivity contribution is 0.0951. The van der Waals surface area contributed by atoms with Gasteiger partial charge in [-0.3, -0.25) is 4.79 Å². The van der Waals surface area contributed by atoms with Crippen LogP contribution in [0.3, 0.4) is 0 Å². The second-order valence-corrected chi connectivity index (χ2v) is 4.28. The average molecular weight is 274 g/mol. The molecule has 5 nitrogen and oxygen atoms in total. The van der Waals surface area contributed by atoms with E-state index in [4.69, 9.17) is 9.47 Å². The molecule has 106 valence electrons. The van der Waals surface area contributed by atoms with Gasteiger partial charge in [-0.25, -0.2) is 0 Å². The van der Waals surface area contributed by atoms with Gasteiger partial charge in [-0.05, 0) is 24.3 Å². The van der Waals surface area contributed by atoms with Crippen molar-refractivity contribution in [3.63, 3.8) is 0 Å². The van der Waals surface area contributed by atoms with E-state index in [1.807, 2.05) is 29.1 Å². The van der Waals surface area contributed by atoms with Crippen LogP contribution in [0.2, 0.25) is 0 Å². The van der Waals surface area contributed by atoms with Crippen LogP contribution >= 0.6 is 0 Å². The van der Waals surface area contributed by atoms with Crippen LogP contribution in [0.4, 0.5) is 0 Å². The van der Waals surface area contributed by atoms with Gasteiger partial charge in [0.15, 0.2) is 0 Å². The first-order chi connectivity index (χ1) is 9.72. The van der Waals surface area contributed by atoms with Crippen molar-refractivity contribution in [3.05, 3.63) is 48.3 Å². The van der Waals surface area contributed by atoms with Crippen LogP contribution in [0.15, 0.2) is 42.7 Å². The molecule has 1 N–H and O–H groups in total. The quantitative estimate of drug-likeness (QED) is 0.875. The first-order valence-electron chi connectivity index (χ1n) is 6.35. The first-order valence-corrected chi connectivity index (χ1v) is 6.35. The van der Waals surface area contributed by atoms with Crippen molar-refractivity contribution in [2.24, 2.45) is 0 Å². The van der Waals surface area contributed by atoms with Gasteiger partial charge in [0.05, 0.1) is 14.2 Å². The minimum Gasteiger partial charge on any atom is -0.497 e. The Labute approximate surface area is 118 Å². The lowest BCUT2D eigenvalue weighted by atomic mass is 10.2. The molecule has 2 aromatic rings. The van der Waals surface area contributed by atoms with Crippen LogP contribution in [0.5, 0.6) is 11.5 Å². The van der Waals surface area contributed by atoms with E-state index in [1.54, 1.807) is 32.4 Å². The summed E-state index contributed by atoms with van der Waals surface area (Å²) in [4.78, 5) is 12.1. The summed E-state index contributed by atoms with van der Waals surface area (Å²) in [6.45, 7) is 1.30. The summed E-state index contributed by atoms with van der Waals surface area (Å²) in [5, 5.41) is 2.87. The number of aromatic nitrogens is 1. The smallest absolute Gasteiger partial charge is 0.251 e. The summed E-state index contributed by atoms with van der Waals surface area (Å²) in [5.74, 6) is 1.05. The van der Waals surface area contributed by atoms with Crippen molar-refractivity contribution < 1.29 is 14.3 Å². The maximum Gasteiger partial charge on any atom is 0.251 e. The first kappa shape index (κ1) is 14.0. The minimum absolute atomic E-state index is 0.144. The maximum absolute atomic E-state index is 12.1. The highest BCUT2D eigenvalue weighted by molar-refractivity contribution is 5.95. The summed E-state index contributed by atoms with van der Waals surface area (Å²) in [6, 6.07) is 9.01. The van der Waals surface area contributed by atoms with Gasteiger partial charge in [-0.1, -0.05) is 0 Å². The van der Waals surface area contributed by atoms with E-state index in [9.17, 15) is 4.79 Å². The van der Waals surface area contributed by atoms with Gasteiger partial charge in [0, 0.05) is 37.1 Å². The number of rotatable bonds is 6. The predicted molar refractivity (Wildman–Crippen MR) is 76.3 cm³/mol. The summed E-state index contributed by atoms with van der Waals surface area (Å²) < 4.78 is 12.3. The number of hydrogen-bond acceptors (Lipinski definition) is 3. The Kier molecular flexibility index (Phi) is 4.65. The largest absolute Gasteiger partial charge is 0.497 e. The molecule has 0 aliphatic rings. The fraction of sp³-hybridized carbons (Fsp3) is 0.267. The lowest BCUT2D eigenvalue weighted by Gasteiger charge is -2.09. The molecule has 0 aliphatic heterocycles. The molecule has 5 heteroatoms.